The smallest absolute Gasteiger partial charge is 0.243 e. The van der Waals surface area contributed by atoms with Gasteiger partial charge in [0, 0.05) is 24.2 Å². The lowest BCUT2D eigenvalue weighted by molar-refractivity contribution is 0.211. The number of hydrogen-bond donors (Lipinski definition) is 1. The van der Waals surface area contributed by atoms with Crippen LogP contribution in [0.25, 0.3) is 0 Å². The van der Waals surface area contributed by atoms with Crippen molar-refractivity contribution in [1.29, 1.82) is 0 Å². The summed E-state index contributed by atoms with van der Waals surface area (Å²) in [5.41, 5.74) is 6.48. The monoisotopic (exact) mass is 352 g/mol. The van der Waals surface area contributed by atoms with Crippen molar-refractivity contribution in [2.45, 2.75) is 37.6 Å². The van der Waals surface area contributed by atoms with Crippen LogP contribution in [-0.4, -0.2) is 31.9 Å². The standard InChI is InChI=1S/C14H21ClN2O2S.ClH/c1-10-5-6-17(13(7-10)9-16)20(18,19)14-8-12(15)4-3-11(14)2;/h3-4,8,10,13H,5-7,9,16H2,1-2H3;1H. The van der Waals surface area contributed by atoms with Crippen molar-refractivity contribution < 1.29 is 8.42 Å². The largest absolute Gasteiger partial charge is 0.329 e. The molecule has 1 heterocycles. The lowest BCUT2D eigenvalue weighted by atomic mass is 9.94. The van der Waals surface area contributed by atoms with E-state index < -0.39 is 10.0 Å². The van der Waals surface area contributed by atoms with Gasteiger partial charge >= 0.3 is 0 Å². The van der Waals surface area contributed by atoms with Gasteiger partial charge in [0.15, 0.2) is 0 Å². The Morgan fingerprint density at radius 2 is 2.10 bits per heavy atom. The molecule has 1 aliphatic rings. The maximum Gasteiger partial charge on any atom is 0.243 e. The molecule has 1 fully saturated rings. The molecular weight excluding hydrogens is 331 g/mol. The molecule has 0 spiro atoms. The van der Waals surface area contributed by atoms with Crippen molar-refractivity contribution in [3.05, 3.63) is 28.8 Å². The summed E-state index contributed by atoms with van der Waals surface area (Å²) in [6, 6.07) is 4.84. The predicted octanol–water partition coefficient (Wildman–Crippen LogP) is 2.82. The second-order valence-corrected chi connectivity index (χ2v) is 7.84. The molecule has 4 nitrogen and oxygen atoms in total. The van der Waals surface area contributed by atoms with Gasteiger partial charge in [0.05, 0.1) is 4.90 Å². The van der Waals surface area contributed by atoms with Crippen LogP contribution in [-0.2, 0) is 10.0 Å². The molecule has 2 rings (SSSR count). The normalized spacial score (nSPS) is 23.6. The average molecular weight is 353 g/mol. The van der Waals surface area contributed by atoms with E-state index in [1.165, 1.54) is 6.07 Å². The van der Waals surface area contributed by atoms with Gasteiger partial charge in [-0.15, -0.1) is 12.4 Å². The van der Waals surface area contributed by atoms with Crippen LogP contribution in [0.1, 0.15) is 25.3 Å². The minimum atomic E-state index is -3.53. The number of aryl methyl sites for hydroxylation is 1. The van der Waals surface area contributed by atoms with Crippen LogP contribution in [0.4, 0.5) is 0 Å². The summed E-state index contributed by atoms with van der Waals surface area (Å²) in [6.07, 6.45) is 1.69. The van der Waals surface area contributed by atoms with Gasteiger partial charge in [0.1, 0.15) is 0 Å². The first-order valence-electron chi connectivity index (χ1n) is 6.84. The lowest BCUT2D eigenvalue weighted by Gasteiger charge is -2.37. The molecule has 1 aromatic carbocycles. The Bertz CT molecular complexity index is 593. The van der Waals surface area contributed by atoms with Crippen LogP contribution < -0.4 is 5.73 Å². The highest BCUT2D eigenvalue weighted by molar-refractivity contribution is 7.89. The Morgan fingerprint density at radius 3 is 2.71 bits per heavy atom. The Kier molecular flexibility index (Phi) is 6.50. The molecular formula is C14H22Cl2N2O2S. The van der Waals surface area contributed by atoms with Crippen LogP contribution in [0.2, 0.25) is 5.02 Å². The Labute approximate surface area is 138 Å². The fourth-order valence-electron chi connectivity index (χ4n) is 2.74. The van der Waals surface area contributed by atoms with E-state index in [1.54, 1.807) is 23.4 Å². The van der Waals surface area contributed by atoms with Gasteiger partial charge in [0.25, 0.3) is 0 Å². The predicted molar refractivity (Wildman–Crippen MR) is 88.6 cm³/mol. The Balaban J connectivity index is 0.00000220. The van der Waals surface area contributed by atoms with E-state index in [2.05, 4.69) is 6.92 Å². The second kappa shape index (κ2) is 7.29. The van der Waals surface area contributed by atoms with E-state index >= 15 is 0 Å². The van der Waals surface area contributed by atoms with Crippen molar-refractivity contribution >= 4 is 34.0 Å². The fraction of sp³-hybridized carbons (Fsp3) is 0.571. The maximum absolute atomic E-state index is 12.8. The minimum Gasteiger partial charge on any atom is -0.329 e. The molecule has 120 valence electrons. The lowest BCUT2D eigenvalue weighted by Crippen LogP contribution is -2.49. The zero-order chi connectivity index (χ0) is 14.9. The fourth-order valence-corrected chi connectivity index (χ4v) is 4.89. The third-order valence-electron chi connectivity index (χ3n) is 3.93. The molecule has 0 bridgehead atoms. The molecule has 0 radical (unpaired) electrons. The number of sulfonamides is 1. The van der Waals surface area contributed by atoms with Crippen molar-refractivity contribution in [2.24, 2.45) is 11.7 Å². The molecule has 2 N–H and O–H groups in total. The first-order valence-corrected chi connectivity index (χ1v) is 8.66. The third-order valence-corrected chi connectivity index (χ3v) is 6.26. The van der Waals surface area contributed by atoms with Gasteiger partial charge in [-0.3, -0.25) is 0 Å². The molecule has 0 amide bonds. The highest BCUT2D eigenvalue weighted by Crippen LogP contribution is 2.30. The molecule has 0 aromatic heterocycles. The summed E-state index contributed by atoms with van der Waals surface area (Å²) in [6.45, 7) is 4.80. The highest BCUT2D eigenvalue weighted by Gasteiger charge is 2.35. The third kappa shape index (κ3) is 3.90. The second-order valence-electron chi connectivity index (χ2n) is 5.54. The number of hydrogen-bond acceptors (Lipinski definition) is 3. The number of rotatable bonds is 3. The molecule has 2 atom stereocenters. The van der Waals surface area contributed by atoms with Gasteiger partial charge in [-0.25, -0.2) is 8.42 Å². The SMILES string of the molecule is Cc1ccc(Cl)cc1S(=O)(=O)N1CCC(C)CC1CN.Cl. The van der Waals surface area contributed by atoms with Crippen LogP contribution in [0.3, 0.4) is 0 Å². The first kappa shape index (κ1) is 18.7. The minimum absolute atomic E-state index is 0. The van der Waals surface area contributed by atoms with E-state index in [0.717, 1.165) is 12.8 Å². The van der Waals surface area contributed by atoms with Gasteiger partial charge in [-0.05, 0) is 43.4 Å². The molecule has 21 heavy (non-hydrogen) atoms. The topological polar surface area (TPSA) is 63.4 Å². The van der Waals surface area contributed by atoms with Crippen LogP contribution >= 0.6 is 24.0 Å². The Hall–Kier alpha value is -0.330. The molecule has 0 saturated carbocycles. The molecule has 1 aromatic rings. The Morgan fingerprint density at radius 1 is 1.43 bits per heavy atom. The van der Waals surface area contributed by atoms with E-state index in [-0.39, 0.29) is 23.3 Å². The molecule has 0 aliphatic carbocycles. The number of benzene rings is 1. The summed E-state index contributed by atoms with van der Waals surface area (Å²) in [7, 11) is -3.53. The molecule has 2 unspecified atom stereocenters. The average Bonchev–Trinajstić information content (AvgIpc) is 2.40. The summed E-state index contributed by atoms with van der Waals surface area (Å²) < 4.78 is 27.2. The number of halogens is 2. The number of piperidine rings is 1. The van der Waals surface area contributed by atoms with Crippen molar-refractivity contribution in [3.63, 3.8) is 0 Å². The van der Waals surface area contributed by atoms with Gasteiger partial charge in [-0.1, -0.05) is 24.6 Å². The summed E-state index contributed by atoms with van der Waals surface area (Å²) in [4.78, 5) is 0.290. The number of nitrogens with zero attached hydrogens (tertiary/aromatic N) is 1. The van der Waals surface area contributed by atoms with Gasteiger partial charge in [-0.2, -0.15) is 4.31 Å². The summed E-state index contributed by atoms with van der Waals surface area (Å²) in [5, 5.41) is 0.434. The van der Waals surface area contributed by atoms with Crippen LogP contribution in [0, 0.1) is 12.8 Å². The van der Waals surface area contributed by atoms with Crippen LogP contribution in [0.5, 0.6) is 0 Å². The number of nitrogens with two attached hydrogens (primary N) is 1. The van der Waals surface area contributed by atoms with Crippen molar-refractivity contribution in [2.75, 3.05) is 13.1 Å². The zero-order valence-electron chi connectivity index (χ0n) is 12.3. The van der Waals surface area contributed by atoms with Crippen molar-refractivity contribution in [1.82, 2.24) is 4.31 Å². The maximum atomic E-state index is 12.8. The van der Waals surface area contributed by atoms with E-state index in [0.29, 0.717) is 29.6 Å². The molecule has 1 saturated heterocycles. The highest BCUT2D eigenvalue weighted by atomic mass is 35.5. The van der Waals surface area contributed by atoms with Gasteiger partial charge in [0.2, 0.25) is 10.0 Å². The zero-order valence-corrected chi connectivity index (χ0v) is 14.6. The molecule has 1 aliphatic heterocycles. The quantitative estimate of drug-likeness (QED) is 0.909. The first-order chi connectivity index (χ1) is 9.36. The van der Waals surface area contributed by atoms with Crippen LogP contribution in [0.15, 0.2) is 23.1 Å². The van der Waals surface area contributed by atoms with E-state index in [4.69, 9.17) is 17.3 Å². The van der Waals surface area contributed by atoms with Gasteiger partial charge < -0.3 is 5.73 Å². The van der Waals surface area contributed by atoms with Crippen molar-refractivity contribution in [3.8, 4) is 0 Å². The summed E-state index contributed by atoms with van der Waals surface area (Å²) in [5.74, 6) is 0.510. The van der Waals surface area contributed by atoms with E-state index in [9.17, 15) is 8.42 Å². The van der Waals surface area contributed by atoms with E-state index in [1.807, 2.05) is 0 Å². The molecule has 7 heteroatoms. The summed E-state index contributed by atoms with van der Waals surface area (Å²) >= 11 is 5.95.